The lowest BCUT2D eigenvalue weighted by Gasteiger charge is -2.42. The van der Waals surface area contributed by atoms with E-state index in [4.69, 9.17) is 22.1 Å². The molecule has 0 amide bonds. The van der Waals surface area contributed by atoms with E-state index in [0.717, 1.165) is 30.3 Å². The number of benzene rings is 1. The van der Waals surface area contributed by atoms with E-state index in [0.29, 0.717) is 6.54 Å². The highest BCUT2D eigenvalue weighted by molar-refractivity contribution is 6.31. The molecule has 3 nitrogen and oxygen atoms in total. The maximum atomic E-state index is 6.27. The summed E-state index contributed by atoms with van der Waals surface area (Å²) in [4.78, 5) is 2.37. The molecule has 0 aromatic heterocycles. The number of ether oxygens (including phenoxy) is 1. The van der Waals surface area contributed by atoms with Gasteiger partial charge in [-0.25, -0.2) is 0 Å². The monoisotopic (exact) mass is 268 g/mol. The average Bonchev–Trinajstić information content (AvgIpc) is 2.31. The number of morpholine rings is 1. The van der Waals surface area contributed by atoms with Gasteiger partial charge in [0.05, 0.1) is 12.2 Å². The molecule has 2 rings (SSSR count). The molecule has 2 N–H and O–H groups in total. The molecule has 4 heteroatoms. The molecule has 1 fully saturated rings. The first kappa shape index (κ1) is 13.8. The van der Waals surface area contributed by atoms with Gasteiger partial charge in [-0.15, -0.1) is 0 Å². The molecule has 0 aliphatic carbocycles. The predicted octanol–water partition coefficient (Wildman–Crippen LogP) is 2.45. The summed E-state index contributed by atoms with van der Waals surface area (Å²) in [5, 5.41) is 0.789. The summed E-state index contributed by atoms with van der Waals surface area (Å²) < 4.78 is 5.74. The fourth-order valence-electron chi connectivity index (χ4n) is 2.54. The number of nitrogens with zero attached hydrogens (tertiary/aromatic N) is 1. The molecule has 1 heterocycles. The fraction of sp³-hybridized carbons (Fsp3) is 0.571. The molecule has 0 spiro atoms. The number of hydrogen-bond acceptors (Lipinski definition) is 3. The maximum Gasteiger partial charge on any atom is 0.0753 e. The van der Waals surface area contributed by atoms with E-state index >= 15 is 0 Å². The summed E-state index contributed by atoms with van der Waals surface area (Å²) in [5.41, 5.74) is 6.94. The van der Waals surface area contributed by atoms with E-state index < -0.39 is 0 Å². The van der Waals surface area contributed by atoms with Crippen molar-refractivity contribution in [1.82, 2.24) is 4.90 Å². The Morgan fingerprint density at radius 3 is 2.78 bits per heavy atom. The van der Waals surface area contributed by atoms with Crippen LogP contribution >= 0.6 is 11.6 Å². The highest BCUT2D eigenvalue weighted by Gasteiger charge is 2.31. The normalized spacial score (nSPS) is 21.8. The fourth-order valence-corrected chi connectivity index (χ4v) is 2.80. The lowest BCUT2D eigenvalue weighted by molar-refractivity contribution is -0.0967. The van der Waals surface area contributed by atoms with Crippen molar-refractivity contribution in [1.29, 1.82) is 0 Å². The van der Waals surface area contributed by atoms with Crippen molar-refractivity contribution in [3.63, 3.8) is 0 Å². The van der Waals surface area contributed by atoms with Crippen LogP contribution in [0.15, 0.2) is 24.3 Å². The highest BCUT2D eigenvalue weighted by atomic mass is 35.5. The summed E-state index contributed by atoms with van der Waals surface area (Å²) in [5.74, 6) is 0. The quantitative estimate of drug-likeness (QED) is 0.915. The molecule has 100 valence electrons. The first-order valence-corrected chi connectivity index (χ1v) is 6.74. The van der Waals surface area contributed by atoms with Crippen molar-refractivity contribution >= 4 is 11.6 Å². The first-order valence-electron chi connectivity index (χ1n) is 6.36. The second kappa shape index (κ2) is 5.57. The smallest absolute Gasteiger partial charge is 0.0753 e. The Morgan fingerprint density at radius 1 is 1.44 bits per heavy atom. The minimum atomic E-state index is -0.118. The third-order valence-electron chi connectivity index (χ3n) is 3.38. The molecule has 18 heavy (non-hydrogen) atoms. The molecule has 1 aromatic carbocycles. The summed E-state index contributed by atoms with van der Waals surface area (Å²) in [6.07, 6.45) is 0. The van der Waals surface area contributed by atoms with E-state index in [1.54, 1.807) is 0 Å². The molecule has 1 atom stereocenters. The molecule has 1 aliphatic rings. The molecule has 0 saturated carbocycles. The molecule has 1 unspecified atom stereocenters. The van der Waals surface area contributed by atoms with Gasteiger partial charge in [-0.3, -0.25) is 4.90 Å². The van der Waals surface area contributed by atoms with Crippen LogP contribution < -0.4 is 5.73 Å². The largest absolute Gasteiger partial charge is 0.373 e. The van der Waals surface area contributed by atoms with Gasteiger partial charge in [0.15, 0.2) is 0 Å². The number of hydrogen-bond donors (Lipinski definition) is 1. The summed E-state index contributed by atoms with van der Waals surface area (Å²) >= 11 is 6.27. The second-order valence-electron chi connectivity index (χ2n) is 5.35. The van der Waals surface area contributed by atoms with E-state index in [9.17, 15) is 0 Å². The third kappa shape index (κ3) is 3.04. The predicted molar refractivity (Wildman–Crippen MR) is 74.9 cm³/mol. The van der Waals surface area contributed by atoms with Crippen LogP contribution in [0.1, 0.15) is 25.5 Å². The van der Waals surface area contributed by atoms with E-state index in [1.807, 2.05) is 18.2 Å². The summed E-state index contributed by atoms with van der Waals surface area (Å²) in [6.45, 7) is 7.31. The number of halogens is 1. The molecule has 1 aliphatic heterocycles. The van der Waals surface area contributed by atoms with Crippen molar-refractivity contribution in [2.24, 2.45) is 5.73 Å². The van der Waals surface area contributed by atoms with Gasteiger partial charge in [-0.2, -0.15) is 0 Å². The minimum absolute atomic E-state index is 0.118. The van der Waals surface area contributed by atoms with Gasteiger partial charge >= 0.3 is 0 Å². The van der Waals surface area contributed by atoms with E-state index in [2.05, 4.69) is 24.8 Å². The summed E-state index contributed by atoms with van der Waals surface area (Å²) in [7, 11) is 0. The highest BCUT2D eigenvalue weighted by Crippen LogP contribution is 2.30. The Morgan fingerprint density at radius 2 is 2.17 bits per heavy atom. The standard InChI is InChI=1S/C14H21ClN2O/c1-14(2)10-17(7-8-18-14)13(9-16)11-5-3-4-6-12(11)15/h3-6,13H,7-10,16H2,1-2H3. The minimum Gasteiger partial charge on any atom is -0.373 e. The average molecular weight is 269 g/mol. The van der Waals surface area contributed by atoms with Crippen LogP contribution in [0.2, 0.25) is 5.02 Å². The second-order valence-corrected chi connectivity index (χ2v) is 5.76. The van der Waals surface area contributed by atoms with Gasteiger partial charge in [0, 0.05) is 30.7 Å². The zero-order valence-electron chi connectivity index (χ0n) is 11.0. The van der Waals surface area contributed by atoms with Gasteiger partial charge in [-0.1, -0.05) is 29.8 Å². The van der Waals surface area contributed by atoms with Crippen LogP contribution in [0, 0.1) is 0 Å². The molecular weight excluding hydrogens is 248 g/mol. The van der Waals surface area contributed by atoms with Gasteiger partial charge in [-0.05, 0) is 25.5 Å². The Hall–Kier alpha value is -0.610. The number of rotatable bonds is 3. The van der Waals surface area contributed by atoms with Crippen LogP contribution in [0.3, 0.4) is 0 Å². The Kier molecular flexibility index (Phi) is 4.28. The zero-order valence-corrected chi connectivity index (χ0v) is 11.8. The van der Waals surface area contributed by atoms with Crippen molar-refractivity contribution in [3.8, 4) is 0 Å². The Balaban J connectivity index is 2.21. The van der Waals surface area contributed by atoms with Gasteiger partial charge in [0.25, 0.3) is 0 Å². The topological polar surface area (TPSA) is 38.5 Å². The molecular formula is C14H21ClN2O. The van der Waals surface area contributed by atoms with E-state index in [-0.39, 0.29) is 11.6 Å². The zero-order chi connectivity index (χ0) is 13.2. The van der Waals surface area contributed by atoms with Crippen molar-refractivity contribution < 1.29 is 4.74 Å². The van der Waals surface area contributed by atoms with Gasteiger partial charge in [0.1, 0.15) is 0 Å². The van der Waals surface area contributed by atoms with Gasteiger partial charge in [0.2, 0.25) is 0 Å². The molecule has 1 saturated heterocycles. The Labute approximate surface area is 114 Å². The lowest BCUT2D eigenvalue weighted by Crippen LogP contribution is -2.50. The first-order chi connectivity index (χ1) is 8.53. The molecule has 0 bridgehead atoms. The van der Waals surface area contributed by atoms with Crippen LogP contribution in [-0.2, 0) is 4.74 Å². The van der Waals surface area contributed by atoms with Crippen molar-refractivity contribution in [2.45, 2.75) is 25.5 Å². The molecule has 1 aromatic rings. The van der Waals surface area contributed by atoms with Crippen molar-refractivity contribution in [2.75, 3.05) is 26.2 Å². The third-order valence-corrected chi connectivity index (χ3v) is 3.73. The maximum absolute atomic E-state index is 6.27. The van der Waals surface area contributed by atoms with Crippen molar-refractivity contribution in [3.05, 3.63) is 34.9 Å². The van der Waals surface area contributed by atoms with Crippen LogP contribution in [0.4, 0.5) is 0 Å². The summed E-state index contributed by atoms with van der Waals surface area (Å²) in [6, 6.07) is 8.10. The van der Waals surface area contributed by atoms with Crippen LogP contribution in [0.5, 0.6) is 0 Å². The van der Waals surface area contributed by atoms with Gasteiger partial charge < -0.3 is 10.5 Å². The SMILES string of the molecule is CC1(C)CN(C(CN)c2ccccc2Cl)CCO1. The van der Waals surface area contributed by atoms with Crippen LogP contribution in [-0.4, -0.2) is 36.7 Å². The lowest BCUT2D eigenvalue weighted by atomic mass is 10.0. The van der Waals surface area contributed by atoms with Crippen LogP contribution in [0.25, 0.3) is 0 Å². The Bertz CT molecular complexity index is 409. The van der Waals surface area contributed by atoms with E-state index in [1.165, 1.54) is 0 Å². The molecule has 0 radical (unpaired) electrons. The number of nitrogens with two attached hydrogens (primary N) is 1.